The van der Waals surface area contributed by atoms with Crippen molar-refractivity contribution in [1.29, 1.82) is 0 Å². The maximum Gasteiger partial charge on any atom is 0.307 e. The molecular weight excluding hydrogens is 322 g/mol. The Bertz CT molecular complexity index is 723. The molecule has 0 bridgehead atoms. The number of fused-ring (bicyclic) bond motifs is 1. The summed E-state index contributed by atoms with van der Waals surface area (Å²) in [4.78, 5) is 25.8. The van der Waals surface area contributed by atoms with Gasteiger partial charge in [0.2, 0.25) is 0 Å². The molecule has 1 aromatic carbocycles. The summed E-state index contributed by atoms with van der Waals surface area (Å²) in [7, 11) is 1.36. The van der Waals surface area contributed by atoms with Gasteiger partial charge in [-0.3, -0.25) is 9.59 Å². The van der Waals surface area contributed by atoms with Crippen molar-refractivity contribution in [2.45, 2.75) is 38.1 Å². The van der Waals surface area contributed by atoms with Gasteiger partial charge in [0, 0.05) is 10.3 Å². The van der Waals surface area contributed by atoms with Gasteiger partial charge in [-0.2, -0.15) is 0 Å². The Labute approximate surface area is 145 Å². The van der Waals surface area contributed by atoms with Crippen molar-refractivity contribution in [3.05, 3.63) is 57.3 Å². The Balaban J connectivity index is 1.80. The first kappa shape index (κ1) is 16.7. The minimum Gasteiger partial charge on any atom is -0.469 e. The van der Waals surface area contributed by atoms with Crippen LogP contribution >= 0.6 is 11.3 Å². The van der Waals surface area contributed by atoms with E-state index in [0.717, 1.165) is 30.4 Å². The maximum atomic E-state index is 12.8. The number of aryl methyl sites for hydroxylation is 1. The zero-order chi connectivity index (χ0) is 16.9. The lowest BCUT2D eigenvalue weighted by Gasteiger charge is -2.19. The third-order valence-corrected chi connectivity index (χ3v) is 5.50. The summed E-state index contributed by atoms with van der Waals surface area (Å²) in [5.74, 6) is -0.441. The molecule has 1 atom stereocenters. The molecule has 1 heterocycles. The molecular formula is C19H21NO3S. The van der Waals surface area contributed by atoms with Gasteiger partial charge in [0.05, 0.1) is 25.1 Å². The van der Waals surface area contributed by atoms with Gasteiger partial charge in [-0.1, -0.05) is 30.3 Å². The van der Waals surface area contributed by atoms with E-state index in [4.69, 9.17) is 4.74 Å². The normalized spacial score (nSPS) is 14.5. The first-order valence-electron chi connectivity index (χ1n) is 8.21. The molecule has 1 N–H and O–H groups in total. The number of rotatable bonds is 5. The van der Waals surface area contributed by atoms with Crippen LogP contribution in [0.1, 0.15) is 51.7 Å². The van der Waals surface area contributed by atoms with E-state index >= 15 is 0 Å². The number of ether oxygens (including phenoxy) is 1. The molecule has 0 spiro atoms. The van der Waals surface area contributed by atoms with Crippen molar-refractivity contribution in [3.63, 3.8) is 0 Å². The lowest BCUT2D eigenvalue weighted by Crippen LogP contribution is -2.31. The van der Waals surface area contributed by atoms with Crippen LogP contribution in [-0.2, 0) is 22.4 Å². The number of benzene rings is 1. The van der Waals surface area contributed by atoms with Crippen molar-refractivity contribution in [2.24, 2.45) is 0 Å². The molecule has 0 fully saturated rings. The van der Waals surface area contributed by atoms with Crippen LogP contribution in [0.3, 0.4) is 0 Å². The predicted octanol–water partition coefficient (Wildman–Crippen LogP) is 3.66. The van der Waals surface area contributed by atoms with Crippen LogP contribution in [0.4, 0.5) is 0 Å². The van der Waals surface area contributed by atoms with Crippen molar-refractivity contribution < 1.29 is 14.3 Å². The van der Waals surface area contributed by atoms with Crippen LogP contribution in [0.15, 0.2) is 35.7 Å². The van der Waals surface area contributed by atoms with Gasteiger partial charge in [-0.25, -0.2) is 0 Å². The molecule has 5 heteroatoms. The molecule has 1 aromatic heterocycles. The van der Waals surface area contributed by atoms with Gasteiger partial charge in [-0.15, -0.1) is 11.3 Å². The summed E-state index contributed by atoms with van der Waals surface area (Å²) in [6, 6.07) is 9.16. The number of esters is 1. The average Bonchev–Trinajstić information content (AvgIpc) is 3.06. The zero-order valence-corrected chi connectivity index (χ0v) is 14.5. The van der Waals surface area contributed by atoms with E-state index in [9.17, 15) is 9.59 Å². The number of nitrogens with one attached hydrogen (secondary N) is 1. The second-order valence-electron chi connectivity index (χ2n) is 5.98. The number of methoxy groups -OCH3 is 1. The molecule has 0 saturated heterocycles. The monoisotopic (exact) mass is 343 g/mol. The number of thiophene rings is 1. The molecule has 1 aliphatic carbocycles. The summed E-state index contributed by atoms with van der Waals surface area (Å²) in [5, 5.41) is 4.97. The largest absolute Gasteiger partial charge is 0.469 e. The van der Waals surface area contributed by atoms with Crippen LogP contribution in [0.2, 0.25) is 0 Å². The quantitative estimate of drug-likeness (QED) is 0.843. The van der Waals surface area contributed by atoms with Crippen LogP contribution in [0, 0.1) is 0 Å². The van der Waals surface area contributed by atoms with E-state index in [1.807, 2.05) is 35.7 Å². The highest BCUT2D eigenvalue weighted by molar-refractivity contribution is 7.10. The van der Waals surface area contributed by atoms with E-state index in [1.54, 1.807) is 11.3 Å². The second kappa shape index (κ2) is 7.62. The van der Waals surface area contributed by atoms with E-state index in [2.05, 4.69) is 5.32 Å². The molecule has 2 aromatic rings. The second-order valence-corrected chi connectivity index (χ2v) is 6.94. The average molecular weight is 343 g/mol. The Hall–Kier alpha value is -2.14. The number of carbonyl (C=O) groups excluding carboxylic acids is 2. The lowest BCUT2D eigenvalue weighted by molar-refractivity contribution is -0.141. The molecule has 0 radical (unpaired) electrons. The van der Waals surface area contributed by atoms with Gasteiger partial charge < -0.3 is 10.1 Å². The van der Waals surface area contributed by atoms with Gasteiger partial charge in [0.25, 0.3) is 5.91 Å². The van der Waals surface area contributed by atoms with Crippen molar-refractivity contribution in [1.82, 2.24) is 5.32 Å². The summed E-state index contributed by atoms with van der Waals surface area (Å²) < 4.78 is 4.78. The Morgan fingerprint density at radius 2 is 1.96 bits per heavy atom. The fourth-order valence-electron chi connectivity index (χ4n) is 3.11. The summed E-state index contributed by atoms with van der Waals surface area (Å²) >= 11 is 1.67. The Morgan fingerprint density at radius 1 is 1.21 bits per heavy atom. The summed E-state index contributed by atoms with van der Waals surface area (Å²) in [5.41, 5.74) is 2.86. The van der Waals surface area contributed by atoms with Crippen LogP contribution < -0.4 is 5.32 Å². The lowest BCUT2D eigenvalue weighted by atomic mass is 9.95. The fourth-order valence-corrected chi connectivity index (χ4v) is 4.23. The topological polar surface area (TPSA) is 55.4 Å². The number of amides is 1. The molecule has 3 rings (SSSR count). The van der Waals surface area contributed by atoms with Gasteiger partial charge in [-0.05, 0) is 36.8 Å². The SMILES string of the molecule is COC(=O)CC(NC(=O)c1csc2c1CCCC2)c1ccccc1. The van der Waals surface area contributed by atoms with Crippen LogP contribution in [-0.4, -0.2) is 19.0 Å². The molecule has 1 amide bonds. The Kier molecular flexibility index (Phi) is 5.30. The zero-order valence-electron chi connectivity index (χ0n) is 13.7. The molecule has 0 saturated carbocycles. The number of hydrogen-bond acceptors (Lipinski definition) is 4. The molecule has 1 aliphatic rings. The minimum atomic E-state index is -0.384. The van der Waals surface area contributed by atoms with Crippen molar-refractivity contribution >= 4 is 23.2 Å². The molecule has 126 valence electrons. The first-order chi connectivity index (χ1) is 11.7. The van der Waals surface area contributed by atoms with Gasteiger partial charge in [0.15, 0.2) is 0 Å². The molecule has 24 heavy (non-hydrogen) atoms. The molecule has 4 nitrogen and oxygen atoms in total. The third-order valence-electron chi connectivity index (χ3n) is 4.41. The first-order valence-corrected chi connectivity index (χ1v) is 9.09. The smallest absolute Gasteiger partial charge is 0.307 e. The highest BCUT2D eigenvalue weighted by Crippen LogP contribution is 2.30. The molecule has 1 unspecified atom stereocenters. The van der Waals surface area contributed by atoms with E-state index in [0.29, 0.717) is 0 Å². The van der Waals surface area contributed by atoms with Gasteiger partial charge >= 0.3 is 5.97 Å². The van der Waals surface area contributed by atoms with Crippen LogP contribution in [0.5, 0.6) is 0 Å². The Morgan fingerprint density at radius 3 is 2.71 bits per heavy atom. The highest BCUT2D eigenvalue weighted by Gasteiger charge is 2.24. The van der Waals surface area contributed by atoms with Crippen molar-refractivity contribution in [3.8, 4) is 0 Å². The van der Waals surface area contributed by atoms with Crippen LogP contribution in [0.25, 0.3) is 0 Å². The van der Waals surface area contributed by atoms with E-state index < -0.39 is 0 Å². The maximum absolute atomic E-state index is 12.8. The fraction of sp³-hybridized carbons (Fsp3) is 0.368. The third kappa shape index (κ3) is 3.67. The van der Waals surface area contributed by atoms with E-state index in [1.165, 1.54) is 24.0 Å². The standard InChI is InChI=1S/C19H21NO3S/c1-23-18(21)11-16(13-7-3-2-4-8-13)20-19(22)15-12-24-17-10-6-5-9-14(15)17/h2-4,7-8,12,16H,5-6,9-11H2,1H3,(H,20,22). The summed E-state index contributed by atoms with van der Waals surface area (Å²) in [6.45, 7) is 0. The van der Waals surface area contributed by atoms with Gasteiger partial charge in [0.1, 0.15) is 0 Å². The summed E-state index contributed by atoms with van der Waals surface area (Å²) in [6.07, 6.45) is 4.49. The minimum absolute atomic E-state index is 0.104. The van der Waals surface area contributed by atoms with E-state index in [-0.39, 0.29) is 24.3 Å². The predicted molar refractivity (Wildman–Crippen MR) is 94.2 cm³/mol. The number of carbonyl (C=O) groups is 2. The highest BCUT2D eigenvalue weighted by atomic mass is 32.1. The molecule has 0 aliphatic heterocycles. The number of hydrogen-bond donors (Lipinski definition) is 1. The van der Waals surface area contributed by atoms with Crippen molar-refractivity contribution in [2.75, 3.05) is 7.11 Å².